The Hall–Kier alpha value is -1.06. The van der Waals surface area contributed by atoms with Gasteiger partial charge >= 0.3 is 0 Å². The molecule has 4 atom stereocenters. The van der Waals surface area contributed by atoms with Gasteiger partial charge in [-0.05, 0) is 74.9 Å². The fraction of sp³-hybridized carbons (Fsp3) is 0.647. The van der Waals surface area contributed by atoms with Crippen molar-refractivity contribution in [3.05, 3.63) is 29.3 Å². The third-order valence-electron chi connectivity index (χ3n) is 6.18. The molecule has 1 aromatic rings. The summed E-state index contributed by atoms with van der Waals surface area (Å²) in [5, 5.41) is 9.95. The zero-order chi connectivity index (χ0) is 13.9. The Labute approximate surface area is 120 Å². The van der Waals surface area contributed by atoms with Gasteiger partial charge in [-0.1, -0.05) is 6.07 Å². The van der Waals surface area contributed by atoms with E-state index in [0.29, 0.717) is 17.8 Å². The van der Waals surface area contributed by atoms with Crippen molar-refractivity contribution in [3.63, 3.8) is 0 Å². The summed E-state index contributed by atoms with van der Waals surface area (Å²) in [7, 11) is 2.27. The van der Waals surface area contributed by atoms with Crippen molar-refractivity contribution in [3.8, 4) is 5.75 Å². The van der Waals surface area contributed by atoms with Crippen LogP contribution < -0.4 is 5.73 Å². The topological polar surface area (TPSA) is 49.5 Å². The molecule has 1 saturated heterocycles. The van der Waals surface area contributed by atoms with Crippen LogP contribution in [0.15, 0.2) is 18.2 Å². The molecule has 3 nitrogen and oxygen atoms in total. The van der Waals surface area contributed by atoms with Gasteiger partial charge in [-0.2, -0.15) is 0 Å². The van der Waals surface area contributed by atoms with Gasteiger partial charge in [0.1, 0.15) is 5.75 Å². The van der Waals surface area contributed by atoms with E-state index in [0.717, 1.165) is 31.7 Å². The van der Waals surface area contributed by atoms with Crippen molar-refractivity contribution in [2.24, 2.45) is 11.7 Å². The number of phenolic OH excluding ortho intramolecular Hbond substituents is 1. The highest BCUT2D eigenvalue weighted by atomic mass is 16.3. The number of benzene rings is 1. The normalized spacial score (nSPS) is 40.0. The number of hydrogen-bond donors (Lipinski definition) is 2. The smallest absolute Gasteiger partial charge is 0.115 e. The predicted molar refractivity (Wildman–Crippen MR) is 79.8 cm³/mol. The van der Waals surface area contributed by atoms with Crippen LogP contribution in [-0.4, -0.2) is 35.7 Å². The molecule has 2 bridgehead atoms. The summed E-state index contributed by atoms with van der Waals surface area (Å²) < 4.78 is 0. The standard InChI is InChI=1S/C17H24N2O/c1-19-7-6-17-10-12(18)3-5-14(17)16(19)8-11-2-4-13(20)9-15(11)17/h2,4,9,12,14,16,20H,3,5-8,10,18H2,1H3. The Bertz CT molecular complexity index is 544. The van der Waals surface area contributed by atoms with Crippen LogP contribution in [0.1, 0.15) is 36.8 Å². The molecular weight excluding hydrogens is 248 g/mol. The molecule has 4 unspecified atom stereocenters. The maximum atomic E-state index is 9.95. The lowest BCUT2D eigenvalue weighted by Crippen LogP contribution is -2.62. The average Bonchev–Trinajstić information content (AvgIpc) is 2.43. The highest BCUT2D eigenvalue weighted by Gasteiger charge is 2.54. The second-order valence-electron chi connectivity index (χ2n) is 7.15. The van der Waals surface area contributed by atoms with Gasteiger partial charge in [-0.3, -0.25) is 0 Å². The van der Waals surface area contributed by atoms with Gasteiger partial charge in [-0.15, -0.1) is 0 Å². The third-order valence-corrected chi connectivity index (χ3v) is 6.18. The molecule has 0 aromatic heterocycles. The first-order valence-corrected chi connectivity index (χ1v) is 7.88. The Morgan fingerprint density at radius 1 is 1.35 bits per heavy atom. The molecule has 1 aliphatic heterocycles. The molecule has 3 heteroatoms. The highest BCUT2D eigenvalue weighted by molar-refractivity contribution is 5.45. The quantitative estimate of drug-likeness (QED) is 0.759. The summed E-state index contributed by atoms with van der Waals surface area (Å²) in [6, 6.07) is 6.99. The van der Waals surface area contributed by atoms with Crippen LogP contribution in [0.2, 0.25) is 0 Å². The molecule has 0 radical (unpaired) electrons. The minimum atomic E-state index is 0.223. The molecule has 1 saturated carbocycles. The van der Waals surface area contributed by atoms with E-state index in [9.17, 15) is 5.11 Å². The molecule has 1 heterocycles. The van der Waals surface area contributed by atoms with E-state index < -0.39 is 0 Å². The van der Waals surface area contributed by atoms with Crippen LogP contribution in [-0.2, 0) is 11.8 Å². The molecule has 3 aliphatic rings. The molecule has 0 amide bonds. The number of likely N-dealkylation sites (N-methyl/N-ethyl adjacent to an activating group) is 1. The number of hydrogen-bond acceptors (Lipinski definition) is 3. The van der Waals surface area contributed by atoms with Crippen LogP contribution in [0.4, 0.5) is 0 Å². The van der Waals surface area contributed by atoms with Gasteiger partial charge < -0.3 is 15.7 Å². The van der Waals surface area contributed by atoms with Gasteiger partial charge in [0.25, 0.3) is 0 Å². The molecule has 108 valence electrons. The first-order chi connectivity index (χ1) is 9.60. The zero-order valence-corrected chi connectivity index (χ0v) is 12.2. The Balaban J connectivity index is 1.90. The third kappa shape index (κ3) is 1.60. The molecule has 20 heavy (non-hydrogen) atoms. The van der Waals surface area contributed by atoms with E-state index in [-0.39, 0.29) is 5.41 Å². The fourth-order valence-electron chi connectivity index (χ4n) is 5.26. The molecule has 1 aromatic carbocycles. The second-order valence-corrected chi connectivity index (χ2v) is 7.15. The van der Waals surface area contributed by atoms with E-state index in [1.165, 1.54) is 24.0 Å². The van der Waals surface area contributed by atoms with Crippen molar-refractivity contribution in [1.82, 2.24) is 4.90 Å². The zero-order valence-electron chi connectivity index (χ0n) is 12.2. The number of piperidine rings is 1. The number of aromatic hydroxyl groups is 1. The molecule has 0 spiro atoms. The largest absolute Gasteiger partial charge is 0.508 e. The van der Waals surface area contributed by atoms with Crippen LogP contribution in [0.25, 0.3) is 0 Å². The minimum Gasteiger partial charge on any atom is -0.508 e. The number of nitrogens with zero attached hydrogens (tertiary/aromatic N) is 1. The van der Waals surface area contributed by atoms with Crippen LogP contribution >= 0.6 is 0 Å². The average molecular weight is 272 g/mol. The van der Waals surface area contributed by atoms with Gasteiger partial charge in [-0.25, -0.2) is 0 Å². The number of fused-ring (bicyclic) bond motifs is 1. The van der Waals surface area contributed by atoms with Gasteiger partial charge in [0.2, 0.25) is 0 Å². The molecule has 2 aliphatic carbocycles. The molecular formula is C17H24N2O. The summed E-state index contributed by atoms with van der Waals surface area (Å²) in [6.07, 6.45) is 5.82. The van der Waals surface area contributed by atoms with Gasteiger partial charge in [0.15, 0.2) is 0 Å². The van der Waals surface area contributed by atoms with Crippen molar-refractivity contribution in [2.75, 3.05) is 13.6 Å². The fourth-order valence-corrected chi connectivity index (χ4v) is 5.26. The van der Waals surface area contributed by atoms with E-state index in [4.69, 9.17) is 5.73 Å². The lowest BCUT2D eigenvalue weighted by molar-refractivity contribution is -0.00244. The van der Waals surface area contributed by atoms with Crippen molar-refractivity contribution >= 4 is 0 Å². The van der Waals surface area contributed by atoms with Crippen molar-refractivity contribution < 1.29 is 5.11 Å². The van der Waals surface area contributed by atoms with Crippen LogP contribution in [0, 0.1) is 5.92 Å². The molecule has 2 fully saturated rings. The number of rotatable bonds is 0. The van der Waals surface area contributed by atoms with Gasteiger partial charge in [0.05, 0.1) is 0 Å². The summed E-state index contributed by atoms with van der Waals surface area (Å²) in [5.41, 5.74) is 9.39. The number of nitrogens with two attached hydrogens (primary N) is 1. The van der Waals surface area contributed by atoms with Crippen LogP contribution in [0.5, 0.6) is 5.75 Å². The Morgan fingerprint density at radius 2 is 2.20 bits per heavy atom. The second kappa shape index (κ2) is 4.22. The Morgan fingerprint density at radius 3 is 3.05 bits per heavy atom. The molecule has 4 rings (SSSR count). The first-order valence-electron chi connectivity index (χ1n) is 7.88. The number of phenols is 1. The molecule has 3 N–H and O–H groups in total. The highest BCUT2D eigenvalue weighted by Crippen LogP contribution is 2.55. The van der Waals surface area contributed by atoms with E-state index in [2.05, 4.69) is 18.0 Å². The summed E-state index contributed by atoms with van der Waals surface area (Å²) in [5.74, 6) is 1.13. The SMILES string of the molecule is CN1CCC23CC(N)CCC2C1Cc1ccc(O)cc13. The summed E-state index contributed by atoms with van der Waals surface area (Å²) in [4.78, 5) is 2.55. The minimum absolute atomic E-state index is 0.223. The van der Waals surface area contributed by atoms with E-state index in [1.54, 1.807) is 0 Å². The van der Waals surface area contributed by atoms with E-state index in [1.807, 2.05) is 12.1 Å². The summed E-state index contributed by atoms with van der Waals surface area (Å²) in [6.45, 7) is 1.16. The van der Waals surface area contributed by atoms with Crippen molar-refractivity contribution in [2.45, 2.75) is 49.6 Å². The Kier molecular flexibility index (Phi) is 2.67. The maximum Gasteiger partial charge on any atom is 0.115 e. The monoisotopic (exact) mass is 272 g/mol. The maximum absolute atomic E-state index is 9.95. The summed E-state index contributed by atoms with van der Waals surface area (Å²) >= 11 is 0. The lowest BCUT2D eigenvalue weighted by Gasteiger charge is -2.59. The lowest BCUT2D eigenvalue weighted by atomic mass is 9.51. The van der Waals surface area contributed by atoms with Gasteiger partial charge in [0, 0.05) is 17.5 Å². The van der Waals surface area contributed by atoms with E-state index >= 15 is 0 Å². The van der Waals surface area contributed by atoms with Crippen molar-refractivity contribution in [1.29, 1.82) is 0 Å². The predicted octanol–water partition coefficient (Wildman–Crippen LogP) is 2.02. The van der Waals surface area contributed by atoms with Crippen LogP contribution in [0.3, 0.4) is 0 Å². The number of likely N-dealkylation sites (tertiary alicyclic amines) is 1. The first kappa shape index (κ1) is 12.7.